The third kappa shape index (κ3) is 2.92. The second-order valence-corrected chi connectivity index (χ2v) is 7.50. The Kier molecular flexibility index (Phi) is 4.70. The Bertz CT molecular complexity index is 887. The van der Waals surface area contributed by atoms with E-state index in [2.05, 4.69) is 5.32 Å². The smallest absolute Gasteiger partial charge is 0.260 e. The molecule has 6 nitrogen and oxygen atoms in total. The zero-order valence-corrected chi connectivity index (χ0v) is 15.9. The molecule has 1 N–H and O–H groups in total. The summed E-state index contributed by atoms with van der Waals surface area (Å²) in [4.78, 5) is 27.5. The number of benzene rings is 2. The van der Waals surface area contributed by atoms with Crippen LogP contribution in [-0.4, -0.2) is 42.7 Å². The third-order valence-corrected chi connectivity index (χ3v) is 6.21. The van der Waals surface area contributed by atoms with Gasteiger partial charge in [-0.2, -0.15) is 0 Å². The molecule has 2 amide bonds. The van der Waals surface area contributed by atoms with Crippen LogP contribution in [0.2, 0.25) is 0 Å². The average Bonchev–Trinajstić information content (AvgIpc) is 3.26. The van der Waals surface area contributed by atoms with Crippen LogP contribution in [0.5, 0.6) is 11.5 Å². The number of ether oxygens (including phenoxy) is 2. The van der Waals surface area contributed by atoms with Crippen molar-refractivity contribution in [3.63, 3.8) is 0 Å². The molecule has 0 saturated carbocycles. The van der Waals surface area contributed by atoms with E-state index in [0.29, 0.717) is 29.4 Å². The quantitative estimate of drug-likeness (QED) is 0.858. The van der Waals surface area contributed by atoms with E-state index < -0.39 is 6.04 Å². The molecule has 2 heterocycles. The Morgan fingerprint density at radius 3 is 2.67 bits per heavy atom. The molecule has 1 saturated heterocycles. The van der Waals surface area contributed by atoms with Gasteiger partial charge in [0.15, 0.2) is 11.5 Å². The van der Waals surface area contributed by atoms with Gasteiger partial charge in [-0.15, -0.1) is 11.8 Å². The molecule has 4 rings (SSSR count). The number of rotatable bonds is 5. The van der Waals surface area contributed by atoms with Crippen LogP contribution < -0.4 is 14.8 Å². The van der Waals surface area contributed by atoms with Gasteiger partial charge in [0, 0.05) is 17.9 Å². The van der Waals surface area contributed by atoms with Crippen molar-refractivity contribution in [1.29, 1.82) is 0 Å². The van der Waals surface area contributed by atoms with E-state index in [1.165, 1.54) is 7.11 Å². The van der Waals surface area contributed by atoms with Crippen molar-refractivity contribution in [2.45, 2.75) is 18.0 Å². The standard InChI is InChI=1S/C20H20N2O4S/c1-25-15-9-8-13-16(17(15)26-2)19(24)22-14(11-27-20(13)22)18(23)21-10-12-6-4-3-5-7-12/h3-9,14,20H,10-11H2,1-2H3,(H,21,23). The van der Waals surface area contributed by atoms with Gasteiger partial charge < -0.3 is 19.7 Å². The molecule has 0 spiro atoms. The summed E-state index contributed by atoms with van der Waals surface area (Å²) in [7, 11) is 3.06. The number of thioether (sulfide) groups is 1. The number of fused-ring (bicyclic) bond motifs is 3. The van der Waals surface area contributed by atoms with E-state index in [1.54, 1.807) is 29.8 Å². The molecule has 0 aromatic heterocycles. The topological polar surface area (TPSA) is 67.9 Å². The summed E-state index contributed by atoms with van der Waals surface area (Å²) in [5.41, 5.74) is 2.39. The van der Waals surface area contributed by atoms with Gasteiger partial charge >= 0.3 is 0 Å². The fraction of sp³-hybridized carbons (Fsp3) is 0.300. The summed E-state index contributed by atoms with van der Waals surface area (Å²) in [5.74, 6) is 1.20. The summed E-state index contributed by atoms with van der Waals surface area (Å²) in [6.45, 7) is 0.442. The second-order valence-electron chi connectivity index (χ2n) is 6.38. The molecule has 2 aliphatic rings. The van der Waals surface area contributed by atoms with Gasteiger partial charge in [0.25, 0.3) is 5.91 Å². The maximum absolute atomic E-state index is 13.1. The highest BCUT2D eigenvalue weighted by Crippen LogP contribution is 2.52. The number of nitrogens with one attached hydrogen (secondary N) is 1. The number of hydrogen-bond donors (Lipinski definition) is 1. The minimum absolute atomic E-state index is 0.138. The summed E-state index contributed by atoms with van der Waals surface area (Å²) in [5, 5.41) is 2.78. The number of methoxy groups -OCH3 is 2. The highest BCUT2D eigenvalue weighted by atomic mass is 32.2. The van der Waals surface area contributed by atoms with Crippen molar-refractivity contribution in [2.75, 3.05) is 20.0 Å². The molecule has 27 heavy (non-hydrogen) atoms. The van der Waals surface area contributed by atoms with Crippen LogP contribution in [0.15, 0.2) is 42.5 Å². The predicted molar refractivity (Wildman–Crippen MR) is 103 cm³/mol. The van der Waals surface area contributed by atoms with Crippen LogP contribution in [0.25, 0.3) is 0 Å². The maximum atomic E-state index is 13.1. The lowest BCUT2D eigenvalue weighted by Crippen LogP contribution is -2.45. The molecule has 2 atom stereocenters. The minimum atomic E-state index is -0.501. The fourth-order valence-electron chi connectivity index (χ4n) is 3.60. The molecule has 2 aromatic rings. The van der Waals surface area contributed by atoms with Gasteiger partial charge in [-0.3, -0.25) is 9.59 Å². The third-order valence-electron chi connectivity index (χ3n) is 4.90. The molecule has 0 aliphatic carbocycles. The number of carbonyl (C=O) groups excluding carboxylic acids is 2. The van der Waals surface area contributed by atoms with Crippen LogP contribution >= 0.6 is 11.8 Å². The van der Waals surface area contributed by atoms with Gasteiger partial charge in [0.2, 0.25) is 5.91 Å². The van der Waals surface area contributed by atoms with Crippen molar-refractivity contribution in [2.24, 2.45) is 0 Å². The Labute approximate surface area is 161 Å². The van der Waals surface area contributed by atoms with E-state index in [-0.39, 0.29) is 17.2 Å². The molecule has 0 bridgehead atoms. The monoisotopic (exact) mass is 384 g/mol. The highest BCUT2D eigenvalue weighted by Gasteiger charge is 2.50. The Morgan fingerprint density at radius 1 is 1.19 bits per heavy atom. The van der Waals surface area contributed by atoms with E-state index in [1.807, 2.05) is 36.4 Å². The van der Waals surface area contributed by atoms with Crippen molar-refractivity contribution < 1.29 is 19.1 Å². The lowest BCUT2D eigenvalue weighted by atomic mass is 10.1. The van der Waals surface area contributed by atoms with Gasteiger partial charge in [-0.1, -0.05) is 36.4 Å². The molecule has 1 fully saturated rings. The Balaban J connectivity index is 1.56. The average molecular weight is 384 g/mol. The highest BCUT2D eigenvalue weighted by molar-refractivity contribution is 7.99. The van der Waals surface area contributed by atoms with Gasteiger partial charge in [-0.05, 0) is 11.6 Å². The van der Waals surface area contributed by atoms with E-state index in [9.17, 15) is 9.59 Å². The maximum Gasteiger partial charge on any atom is 0.260 e. The molecule has 2 unspecified atom stereocenters. The molecule has 2 aliphatic heterocycles. The molecular weight excluding hydrogens is 364 g/mol. The number of amides is 2. The fourth-order valence-corrected chi connectivity index (χ4v) is 5.05. The lowest BCUT2D eigenvalue weighted by molar-refractivity contribution is -0.124. The van der Waals surface area contributed by atoms with Gasteiger partial charge in [0.1, 0.15) is 11.4 Å². The summed E-state index contributed by atoms with van der Waals surface area (Å²) in [6, 6.07) is 12.9. The van der Waals surface area contributed by atoms with Crippen molar-refractivity contribution in [1.82, 2.24) is 10.2 Å². The van der Waals surface area contributed by atoms with Crippen LogP contribution in [0.1, 0.15) is 26.9 Å². The minimum Gasteiger partial charge on any atom is -0.493 e. The summed E-state index contributed by atoms with van der Waals surface area (Å²) in [6.07, 6.45) is 0. The van der Waals surface area contributed by atoms with Crippen molar-refractivity contribution in [3.8, 4) is 11.5 Å². The zero-order chi connectivity index (χ0) is 19.0. The summed E-state index contributed by atoms with van der Waals surface area (Å²) >= 11 is 1.60. The largest absolute Gasteiger partial charge is 0.493 e. The molecule has 2 aromatic carbocycles. The van der Waals surface area contributed by atoms with Gasteiger partial charge in [0.05, 0.1) is 19.8 Å². The first-order valence-corrected chi connectivity index (χ1v) is 9.71. The first-order chi connectivity index (χ1) is 13.2. The SMILES string of the molecule is COc1ccc2c(c1OC)C(=O)N1C(C(=O)NCc3ccccc3)CSC21. The zero-order valence-electron chi connectivity index (χ0n) is 15.1. The van der Waals surface area contributed by atoms with Crippen LogP contribution in [0, 0.1) is 0 Å². The molecular formula is C20H20N2O4S. The van der Waals surface area contributed by atoms with Crippen molar-refractivity contribution in [3.05, 3.63) is 59.2 Å². The van der Waals surface area contributed by atoms with Crippen molar-refractivity contribution >= 4 is 23.6 Å². The first-order valence-electron chi connectivity index (χ1n) is 8.66. The second kappa shape index (κ2) is 7.15. The molecule has 140 valence electrons. The van der Waals surface area contributed by atoms with E-state index >= 15 is 0 Å². The first kappa shape index (κ1) is 17.7. The Hall–Kier alpha value is -2.67. The normalized spacial score (nSPS) is 20.2. The number of hydrogen-bond acceptors (Lipinski definition) is 5. The summed E-state index contributed by atoms with van der Waals surface area (Å²) < 4.78 is 10.7. The predicted octanol–water partition coefficient (Wildman–Crippen LogP) is 2.59. The van der Waals surface area contributed by atoms with E-state index in [4.69, 9.17) is 9.47 Å². The molecule has 7 heteroatoms. The Morgan fingerprint density at radius 2 is 1.96 bits per heavy atom. The van der Waals surface area contributed by atoms with Gasteiger partial charge in [-0.25, -0.2) is 0 Å². The number of carbonyl (C=O) groups is 2. The lowest BCUT2D eigenvalue weighted by Gasteiger charge is -2.22. The molecule has 0 radical (unpaired) electrons. The number of nitrogens with zero attached hydrogens (tertiary/aromatic N) is 1. The van der Waals surface area contributed by atoms with Crippen LogP contribution in [0.4, 0.5) is 0 Å². The van der Waals surface area contributed by atoms with Crippen LogP contribution in [0.3, 0.4) is 0 Å². The van der Waals surface area contributed by atoms with Crippen LogP contribution in [-0.2, 0) is 11.3 Å². The van der Waals surface area contributed by atoms with E-state index in [0.717, 1.165) is 11.1 Å².